The van der Waals surface area contributed by atoms with Crippen LogP contribution in [0.1, 0.15) is 46.7 Å². The number of hydrogen-bond acceptors (Lipinski definition) is 3. The fraction of sp³-hybridized carbons (Fsp3) is 0.233. The van der Waals surface area contributed by atoms with Crippen LogP contribution >= 0.6 is 23.8 Å². The second kappa shape index (κ2) is 11.0. The van der Waals surface area contributed by atoms with Gasteiger partial charge in [0.05, 0.1) is 17.8 Å². The Morgan fingerprint density at radius 1 is 1.05 bits per heavy atom. The van der Waals surface area contributed by atoms with Crippen LogP contribution in [0.4, 0.5) is 5.69 Å². The Kier molecular flexibility index (Phi) is 7.49. The minimum absolute atomic E-state index is 0.0525. The summed E-state index contributed by atoms with van der Waals surface area (Å²) in [5.74, 6) is -0.0525. The maximum atomic E-state index is 12.9. The van der Waals surface area contributed by atoms with Gasteiger partial charge in [-0.3, -0.25) is 9.78 Å². The summed E-state index contributed by atoms with van der Waals surface area (Å²) in [7, 11) is 0. The number of hydrogen-bond donors (Lipinski definition) is 2. The van der Waals surface area contributed by atoms with Gasteiger partial charge in [0.25, 0.3) is 0 Å². The van der Waals surface area contributed by atoms with E-state index in [0.717, 1.165) is 39.6 Å². The minimum Gasteiger partial charge on any atom is -0.352 e. The molecule has 0 aliphatic carbocycles. The Morgan fingerprint density at radius 2 is 1.79 bits per heavy atom. The predicted octanol–water partition coefficient (Wildman–Crippen LogP) is 6.45. The van der Waals surface area contributed by atoms with E-state index < -0.39 is 0 Å². The molecule has 5 rings (SSSR count). The Hall–Kier alpha value is -3.68. The molecule has 1 aliphatic heterocycles. The number of aryl methyl sites for hydroxylation is 2. The highest BCUT2D eigenvalue weighted by atomic mass is 35.5. The molecule has 2 atom stereocenters. The lowest BCUT2D eigenvalue weighted by molar-refractivity contribution is -0.116. The Balaban J connectivity index is 1.46. The first-order valence-corrected chi connectivity index (χ1v) is 13.4. The Labute approximate surface area is 233 Å². The van der Waals surface area contributed by atoms with Gasteiger partial charge in [0.2, 0.25) is 5.91 Å². The third kappa shape index (κ3) is 5.30. The van der Waals surface area contributed by atoms with Gasteiger partial charge in [-0.1, -0.05) is 35.4 Å². The van der Waals surface area contributed by atoms with Gasteiger partial charge in [0, 0.05) is 46.9 Å². The van der Waals surface area contributed by atoms with E-state index in [-0.39, 0.29) is 18.0 Å². The van der Waals surface area contributed by atoms with E-state index in [0.29, 0.717) is 23.1 Å². The monoisotopic (exact) mass is 543 g/mol. The first kappa shape index (κ1) is 25.9. The van der Waals surface area contributed by atoms with E-state index in [1.165, 1.54) is 0 Å². The third-order valence-electron chi connectivity index (χ3n) is 6.99. The van der Waals surface area contributed by atoms with Crippen LogP contribution in [0.2, 0.25) is 5.02 Å². The fourth-order valence-electron chi connectivity index (χ4n) is 5.14. The van der Waals surface area contributed by atoms with Crippen molar-refractivity contribution < 1.29 is 4.79 Å². The molecule has 0 saturated carbocycles. The average Bonchev–Trinajstić information content (AvgIpc) is 3.39. The zero-order chi connectivity index (χ0) is 26.8. The first-order valence-electron chi connectivity index (χ1n) is 12.6. The summed E-state index contributed by atoms with van der Waals surface area (Å²) >= 11 is 12.0. The standard InChI is InChI=1S/C30H30ClN5OS/c1-19-7-11-23(12-8-19)33-27(37)15-17-35-29(28(34-30(35)38)26-6-4-5-16-32-26)25-18-20(2)36(21(25)3)24-13-9-22(31)10-14-24/h4-14,16,18,28-29H,15,17H2,1-3H3,(H,33,37)(H,34,38)/t28-,29-/m1/s1. The topological polar surface area (TPSA) is 62.2 Å². The molecule has 2 aromatic heterocycles. The van der Waals surface area contributed by atoms with Crippen LogP contribution in [0, 0.1) is 20.8 Å². The summed E-state index contributed by atoms with van der Waals surface area (Å²) in [5, 5.41) is 7.80. The molecule has 6 nitrogen and oxygen atoms in total. The van der Waals surface area contributed by atoms with Crippen molar-refractivity contribution in [1.82, 2.24) is 19.8 Å². The number of thiocarbonyl (C=S) groups is 1. The highest BCUT2D eigenvalue weighted by Gasteiger charge is 2.41. The summed E-state index contributed by atoms with van der Waals surface area (Å²) < 4.78 is 2.23. The van der Waals surface area contributed by atoms with Crippen LogP contribution in [0.15, 0.2) is 79.0 Å². The van der Waals surface area contributed by atoms with Crippen molar-refractivity contribution in [2.24, 2.45) is 0 Å². The molecule has 38 heavy (non-hydrogen) atoms. The molecule has 4 aromatic rings. The number of halogens is 1. The second-order valence-corrected chi connectivity index (χ2v) is 10.4. The number of rotatable bonds is 7. The van der Waals surface area contributed by atoms with Gasteiger partial charge in [0.15, 0.2) is 5.11 Å². The largest absolute Gasteiger partial charge is 0.352 e. The van der Waals surface area contributed by atoms with Gasteiger partial charge in [-0.2, -0.15) is 0 Å². The van der Waals surface area contributed by atoms with Crippen molar-refractivity contribution in [3.8, 4) is 5.69 Å². The summed E-state index contributed by atoms with van der Waals surface area (Å²) in [6, 6.07) is 23.5. The highest BCUT2D eigenvalue weighted by molar-refractivity contribution is 7.80. The van der Waals surface area contributed by atoms with Crippen LogP contribution < -0.4 is 10.6 Å². The fourth-order valence-corrected chi connectivity index (χ4v) is 5.60. The summed E-state index contributed by atoms with van der Waals surface area (Å²) in [6.07, 6.45) is 2.10. The molecule has 0 spiro atoms. The second-order valence-electron chi connectivity index (χ2n) is 9.62. The van der Waals surface area contributed by atoms with Gasteiger partial charge < -0.3 is 20.1 Å². The van der Waals surface area contributed by atoms with E-state index in [9.17, 15) is 4.79 Å². The number of pyridine rings is 1. The molecule has 1 saturated heterocycles. The van der Waals surface area contributed by atoms with Crippen LogP contribution in [-0.2, 0) is 4.79 Å². The molecule has 1 aliphatic rings. The van der Waals surface area contributed by atoms with Crippen molar-refractivity contribution in [3.05, 3.63) is 112 Å². The quantitative estimate of drug-likeness (QED) is 0.262. The number of benzene rings is 2. The van der Waals surface area contributed by atoms with Crippen LogP contribution in [0.3, 0.4) is 0 Å². The Morgan fingerprint density at radius 3 is 2.47 bits per heavy atom. The lowest BCUT2D eigenvalue weighted by atomic mass is 9.96. The summed E-state index contributed by atoms with van der Waals surface area (Å²) in [4.78, 5) is 19.6. The first-order chi connectivity index (χ1) is 18.3. The normalized spacial score (nSPS) is 16.9. The van der Waals surface area contributed by atoms with Crippen LogP contribution in [0.5, 0.6) is 0 Å². The molecule has 8 heteroatoms. The molecular formula is C30H30ClN5OS. The van der Waals surface area contributed by atoms with Gasteiger partial charge >= 0.3 is 0 Å². The number of amides is 1. The average molecular weight is 544 g/mol. The van der Waals surface area contributed by atoms with E-state index in [4.69, 9.17) is 23.8 Å². The maximum Gasteiger partial charge on any atom is 0.226 e. The molecule has 0 unspecified atom stereocenters. The zero-order valence-corrected chi connectivity index (χ0v) is 23.2. The van der Waals surface area contributed by atoms with Gasteiger partial charge in [-0.05, 0) is 93.1 Å². The molecule has 194 valence electrons. The lowest BCUT2D eigenvalue weighted by Gasteiger charge is -2.28. The molecule has 0 bridgehead atoms. The minimum atomic E-state index is -0.150. The van der Waals surface area contributed by atoms with Crippen molar-refractivity contribution >= 4 is 40.5 Å². The highest BCUT2D eigenvalue weighted by Crippen LogP contribution is 2.41. The molecule has 1 amide bonds. The number of anilines is 1. The number of aromatic nitrogens is 2. The van der Waals surface area contributed by atoms with E-state index in [1.807, 2.05) is 73.7 Å². The third-order valence-corrected chi connectivity index (χ3v) is 7.59. The van der Waals surface area contributed by atoms with Crippen molar-refractivity contribution in [3.63, 3.8) is 0 Å². The number of carbonyl (C=O) groups is 1. The molecule has 2 N–H and O–H groups in total. The van der Waals surface area contributed by atoms with Gasteiger partial charge in [-0.25, -0.2) is 0 Å². The van der Waals surface area contributed by atoms with Crippen molar-refractivity contribution in [1.29, 1.82) is 0 Å². The van der Waals surface area contributed by atoms with Gasteiger partial charge in [-0.15, -0.1) is 0 Å². The summed E-state index contributed by atoms with van der Waals surface area (Å²) in [6.45, 7) is 6.72. The Bertz CT molecular complexity index is 1450. The molecular weight excluding hydrogens is 514 g/mol. The maximum absolute atomic E-state index is 12.9. The SMILES string of the molecule is Cc1ccc(NC(=O)CCN2C(=S)N[C@H](c3ccccn3)[C@H]2c2cc(C)n(-c3ccc(Cl)cc3)c2C)cc1. The van der Waals surface area contributed by atoms with Gasteiger partial charge in [0.1, 0.15) is 0 Å². The van der Waals surface area contributed by atoms with E-state index in [1.54, 1.807) is 6.20 Å². The summed E-state index contributed by atoms with van der Waals surface area (Å²) in [5.41, 5.74) is 7.24. The van der Waals surface area contributed by atoms with Crippen molar-refractivity contribution in [2.75, 3.05) is 11.9 Å². The van der Waals surface area contributed by atoms with Crippen LogP contribution in [-0.4, -0.2) is 32.0 Å². The number of nitrogens with zero attached hydrogens (tertiary/aromatic N) is 3. The molecule has 0 radical (unpaired) electrons. The number of carbonyl (C=O) groups excluding carboxylic acids is 1. The zero-order valence-electron chi connectivity index (χ0n) is 21.6. The number of nitrogens with one attached hydrogen (secondary N) is 2. The van der Waals surface area contributed by atoms with Crippen LogP contribution in [0.25, 0.3) is 5.69 Å². The predicted molar refractivity (Wildman–Crippen MR) is 157 cm³/mol. The van der Waals surface area contributed by atoms with Crippen molar-refractivity contribution in [2.45, 2.75) is 39.3 Å². The van der Waals surface area contributed by atoms with E-state index >= 15 is 0 Å². The molecule has 1 fully saturated rings. The smallest absolute Gasteiger partial charge is 0.226 e. The molecule has 2 aromatic carbocycles. The molecule has 3 heterocycles. The van der Waals surface area contributed by atoms with E-state index in [2.05, 4.69) is 45.0 Å². The lowest BCUT2D eigenvalue weighted by Crippen LogP contribution is -2.32.